The first-order chi connectivity index (χ1) is 10.7. The molecule has 0 spiro atoms. The predicted molar refractivity (Wildman–Crippen MR) is 80.1 cm³/mol. The maximum Gasteiger partial charge on any atom is 0.225 e. The molecule has 122 valence electrons. The highest BCUT2D eigenvalue weighted by Gasteiger charge is 2.30. The number of ether oxygens (including phenoxy) is 1. The van der Waals surface area contributed by atoms with Gasteiger partial charge in [0.25, 0.3) is 0 Å². The SMILES string of the molecule is O=C(C1CCOCC1)N1CCN(Cc2ccco2)CC(O)C1. The molecule has 2 fully saturated rings. The van der Waals surface area contributed by atoms with Gasteiger partial charge in [-0.2, -0.15) is 0 Å². The fraction of sp³-hybridized carbons (Fsp3) is 0.688. The number of rotatable bonds is 3. The van der Waals surface area contributed by atoms with Crippen molar-refractivity contribution in [2.24, 2.45) is 5.92 Å². The number of hydrogen-bond acceptors (Lipinski definition) is 5. The molecule has 2 aliphatic heterocycles. The summed E-state index contributed by atoms with van der Waals surface area (Å²) in [7, 11) is 0. The minimum absolute atomic E-state index is 0.0533. The van der Waals surface area contributed by atoms with Gasteiger partial charge in [0, 0.05) is 45.3 Å². The topological polar surface area (TPSA) is 66.2 Å². The highest BCUT2D eigenvalue weighted by molar-refractivity contribution is 5.79. The van der Waals surface area contributed by atoms with E-state index >= 15 is 0 Å². The van der Waals surface area contributed by atoms with Crippen LogP contribution in [0.25, 0.3) is 0 Å². The fourth-order valence-electron chi connectivity index (χ4n) is 3.22. The summed E-state index contributed by atoms with van der Waals surface area (Å²) in [5, 5.41) is 10.2. The Morgan fingerprint density at radius 2 is 2.09 bits per heavy atom. The fourth-order valence-corrected chi connectivity index (χ4v) is 3.22. The molecule has 0 bridgehead atoms. The highest BCUT2D eigenvalue weighted by Crippen LogP contribution is 2.19. The molecule has 1 atom stereocenters. The van der Waals surface area contributed by atoms with Crippen LogP contribution in [0.3, 0.4) is 0 Å². The van der Waals surface area contributed by atoms with E-state index in [1.807, 2.05) is 17.0 Å². The molecule has 3 rings (SSSR count). The van der Waals surface area contributed by atoms with Crippen LogP contribution in [-0.2, 0) is 16.1 Å². The molecule has 22 heavy (non-hydrogen) atoms. The molecule has 6 nitrogen and oxygen atoms in total. The summed E-state index contributed by atoms with van der Waals surface area (Å²) >= 11 is 0. The van der Waals surface area contributed by atoms with Crippen molar-refractivity contribution in [3.8, 4) is 0 Å². The van der Waals surface area contributed by atoms with Crippen LogP contribution in [0.2, 0.25) is 0 Å². The average Bonchev–Trinajstić information content (AvgIpc) is 2.97. The number of furan rings is 1. The number of nitrogens with zero attached hydrogens (tertiary/aromatic N) is 2. The van der Waals surface area contributed by atoms with Crippen molar-refractivity contribution in [1.29, 1.82) is 0 Å². The van der Waals surface area contributed by atoms with Gasteiger partial charge in [-0.1, -0.05) is 0 Å². The molecule has 0 aliphatic carbocycles. The zero-order valence-electron chi connectivity index (χ0n) is 12.8. The third-order valence-corrected chi connectivity index (χ3v) is 4.43. The normalized spacial score (nSPS) is 25.1. The first-order valence-corrected chi connectivity index (χ1v) is 8.01. The summed E-state index contributed by atoms with van der Waals surface area (Å²) in [5.41, 5.74) is 0. The lowest BCUT2D eigenvalue weighted by molar-refractivity contribution is -0.139. The van der Waals surface area contributed by atoms with E-state index in [2.05, 4.69) is 4.90 Å². The van der Waals surface area contributed by atoms with E-state index in [-0.39, 0.29) is 11.8 Å². The van der Waals surface area contributed by atoms with E-state index in [0.717, 1.165) is 25.1 Å². The molecule has 1 amide bonds. The van der Waals surface area contributed by atoms with Crippen LogP contribution in [0.1, 0.15) is 18.6 Å². The van der Waals surface area contributed by atoms with Crippen LogP contribution in [0.5, 0.6) is 0 Å². The Hall–Kier alpha value is -1.37. The van der Waals surface area contributed by atoms with Crippen molar-refractivity contribution in [2.45, 2.75) is 25.5 Å². The number of carbonyl (C=O) groups excluding carboxylic acids is 1. The molecule has 0 saturated carbocycles. The minimum atomic E-state index is -0.513. The predicted octanol–water partition coefficient (Wildman–Crippen LogP) is 0.711. The van der Waals surface area contributed by atoms with E-state index in [1.165, 1.54) is 0 Å². The van der Waals surface area contributed by atoms with Gasteiger partial charge in [0.2, 0.25) is 5.91 Å². The third kappa shape index (κ3) is 3.88. The van der Waals surface area contributed by atoms with Gasteiger partial charge in [0.15, 0.2) is 0 Å². The average molecular weight is 308 g/mol. The van der Waals surface area contributed by atoms with Crippen molar-refractivity contribution in [1.82, 2.24) is 9.80 Å². The second kappa shape index (κ2) is 7.26. The molecule has 0 aromatic carbocycles. The van der Waals surface area contributed by atoms with Crippen LogP contribution in [0.15, 0.2) is 22.8 Å². The lowest BCUT2D eigenvalue weighted by Gasteiger charge is -2.29. The molecule has 0 radical (unpaired) electrons. The molecular formula is C16H24N2O4. The Balaban J connectivity index is 1.57. The molecule has 2 saturated heterocycles. The Morgan fingerprint density at radius 1 is 1.27 bits per heavy atom. The van der Waals surface area contributed by atoms with Crippen LogP contribution in [0.4, 0.5) is 0 Å². The van der Waals surface area contributed by atoms with Gasteiger partial charge in [-0.25, -0.2) is 0 Å². The minimum Gasteiger partial charge on any atom is -0.468 e. The molecule has 1 unspecified atom stereocenters. The van der Waals surface area contributed by atoms with Gasteiger partial charge in [0.1, 0.15) is 5.76 Å². The van der Waals surface area contributed by atoms with Crippen molar-refractivity contribution in [3.63, 3.8) is 0 Å². The first-order valence-electron chi connectivity index (χ1n) is 8.01. The number of hydrogen-bond donors (Lipinski definition) is 1. The second-order valence-corrected chi connectivity index (χ2v) is 6.14. The summed E-state index contributed by atoms with van der Waals surface area (Å²) in [5.74, 6) is 1.11. The van der Waals surface area contributed by atoms with Gasteiger partial charge in [-0.15, -0.1) is 0 Å². The van der Waals surface area contributed by atoms with Crippen LogP contribution < -0.4 is 0 Å². The molecule has 1 aromatic rings. The quantitative estimate of drug-likeness (QED) is 0.891. The molecule has 1 aromatic heterocycles. The summed E-state index contributed by atoms with van der Waals surface area (Å²) in [6.07, 6.45) is 2.73. The van der Waals surface area contributed by atoms with E-state index in [9.17, 15) is 9.90 Å². The monoisotopic (exact) mass is 308 g/mol. The standard InChI is InChI=1S/C16H24N2O4/c19-14-10-17(12-15-2-1-7-22-15)5-6-18(11-14)16(20)13-3-8-21-9-4-13/h1-2,7,13-14,19H,3-6,8-12H2. The Labute approximate surface area is 130 Å². The molecule has 6 heteroatoms. The van der Waals surface area contributed by atoms with E-state index < -0.39 is 6.10 Å². The largest absolute Gasteiger partial charge is 0.468 e. The number of carbonyl (C=O) groups is 1. The Morgan fingerprint density at radius 3 is 2.82 bits per heavy atom. The first kappa shape index (κ1) is 15.5. The van der Waals surface area contributed by atoms with Crippen molar-refractivity contribution in [2.75, 3.05) is 39.4 Å². The summed E-state index contributed by atoms with van der Waals surface area (Å²) < 4.78 is 10.7. The van der Waals surface area contributed by atoms with Gasteiger partial charge < -0.3 is 19.2 Å². The van der Waals surface area contributed by atoms with E-state index in [4.69, 9.17) is 9.15 Å². The lowest BCUT2D eigenvalue weighted by atomic mass is 9.98. The number of β-amino-alcohol motifs (C(OH)–C–C–N with tert-alkyl or cyclic N) is 1. The Kier molecular flexibility index (Phi) is 5.12. The van der Waals surface area contributed by atoms with Crippen LogP contribution in [-0.4, -0.2) is 66.3 Å². The zero-order chi connectivity index (χ0) is 15.4. The van der Waals surface area contributed by atoms with Gasteiger partial charge in [-0.3, -0.25) is 9.69 Å². The van der Waals surface area contributed by atoms with Gasteiger partial charge in [0.05, 0.1) is 18.9 Å². The van der Waals surface area contributed by atoms with E-state index in [1.54, 1.807) is 6.26 Å². The van der Waals surface area contributed by atoms with Crippen molar-refractivity contribution < 1.29 is 19.1 Å². The van der Waals surface area contributed by atoms with Crippen molar-refractivity contribution >= 4 is 5.91 Å². The van der Waals surface area contributed by atoms with Gasteiger partial charge >= 0.3 is 0 Å². The smallest absolute Gasteiger partial charge is 0.225 e. The number of aliphatic hydroxyl groups excluding tert-OH is 1. The third-order valence-electron chi connectivity index (χ3n) is 4.43. The molecular weight excluding hydrogens is 284 g/mol. The van der Waals surface area contributed by atoms with E-state index in [0.29, 0.717) is 39.4 Å². The highest BCUT2D eigenvalue weighted by atomic mass is 16.5. The molecule has 1 N–H and O–H groups in total. The van der Waals surface area contributed by atoms with Crippen LogP contribution in [0, 0.1) is 5.92 Å². The summed E-state index contributed by atoms with van der Waals surface area (Å²) in [6, 6.07) is 3.80. The Bertz CT molecular complexity index is 471. The maximum atomic E-state index is 12.6. The lowest BCUT2D eigenvalue weighted by Crippen LogP contribution is -2.42. The van der Waals surface area contributed by atoms with Crippen molar-refractivity contribution in [3.05, 3.63) is 24.2 Å². The molecule has 2 aliphatic rings. The van der Waals surface area contributed by atoms with Crippen LogP contribution >= 0.6 is 0 Å². The summed E-state index contributed by atoms with van der Waals surface area (Å²) in [6.45, 7) is 4.40. The summed E-state index contributed by atoms with van der Waals surface area (Å²) in [4.78, 5) is 16.6. The number of amides is 1. The molecule has 3 heterocycles. The number of aliphatic hydroxyl groups is 1. The zero-order valence-corrected chi connectivity index (χ0v) is 12.8. The maximum absolute atomic E-state index is 12.6. The van der Waals surface area contributed by atoms with Gasteiger partial charge in [-0.05, 0) is 25.0 Å². The second-order valence-electron chi connectivity index (χ2n) is 6.14.